The molecule has 1 atom stereocenters. The van der Waals surface area contributed by atoms with E-state index in [1.165, 1.54) is 0 Å². The predicted molar refractivity (Wildman–Crippen MR) is 75.0 cm³/mol. The third kappa shape index (κ3) is 2.34. The van der Waals surface area contributed by atoms with Crippen LogP contribution < -0.4 is 0 Å². The van der Waals surface area contributed by atoms with Gasteiger partial charge in [-0.1, -0.05) is 11.2 Å². The monoisotopic (exact) mass is 282 g/mol. The van der Waals surface area contributed by atoms with Crippen molar-refractivity contribution >= 4 is 0 Å². The molecule has 0 saturated carbocycles. The Hall–Kier alpha value is -2.47. The van der Waals surface area contributed by atoms with Crippen LogP contribution in [0.5, 0.6) is 0 Å². The molecule has 0 unspecified atom stereocenters. The molecule has 3 aromatic rings. The van der Waals surface area contributed by atoms with Crippen molar-refractivity contribution in [2.75, 3.05) is 13.2 Å². The molecule has 0 bridgehead atoms. The zero-order chi connectivity index (χ0) is 14.1. The minimum Gasteiger partial charge on any atom is -0.381 e. The van der Waals surface area contributed by atoms with Crippen molar-refractivity contribution in [3.8, 4) is 17.1 Å². The Balaban J connectivity index is 1.65. The van der Waals surface area contributed by atoms with E-state index in [9.17, 15) is 0 Å². The molecule has 106 valence electrons. The SMILES string of the molecule is c1cc(-c2nc([C@@H]3CCOC3)no2)cc(-n2cccn2)c1. The van der Waals surface area contributed by atoms with Gasteiger partial charge in [0.15, 0.2) is 5.82 Å². The summed E-state index contributed by atoms with van der Waals surface area (Å²) in [5, 5.41) is 8.30. The van der Waals surface area contributed by atoms with Gasteiger partial charge in [0.2, 0.25) is 0 Å². The Bertz CT molecular complexity index is 730. The number of benzene rings is 1. The van der Waals surface area contributed by atoms with Crippen LogP contribution >= 0.6 is 0 Å². The van der Waals surface area contributed by atoms with E-state index in [4.69, 9.17) is 9.26 Å². The van der Waals surface area contributed by atoms with Gasteiger partial charge >= 0.3 is 0 Å². The van der Waals surface area contributed by atoms with E-state index in [0.29, 0.717) is 12.5 Å². The van der Waals surface area contributed by atoms with E-state index < -0.39 is 0 Å². The van der Waals surface area contributed by atoms with Crippen molar-refractivity contribution in [2.45, 2.75) is 12.3 Å². The first-order valence-corrected chi connectivity index (χ1v) is 6.92. The second kappa shape index (κ2) is 5.14. The summed E-state index contributed by atoms with van der Waals surface area (Å²) in [6.45, 7) is 1.44. The maximum absolute atomic E-state index is 5.39. The average Bonchev–Trinajstić information content (AvgIpc) is 3.26. The molecule has 1 saturated heterocycles. The van der Waals surface area contributed by atoms with E-state index in [-0.39, 0.29) is 5.92 Å². The maximum Gasteiger partial charge on any atom is 0.258 e. The molecule has 2 aromatic heterocycles. The van der Waals surface area contributed by atoms with Gasteiger partial charge in [0.1, 0.15) is 0 Å². The Morgan fingerprint density at radius 1 is 1.24 bits per heavy atom. The summed E-state index contributed by atoms with van der Waals surface area (Å²) in [4.78, 5) is 4.50. The van der Waals surface area contributed by atoms with Gasteiger partial charge in [0, 0.05) is 30.5 Å². The predicted octanol–water partition coefficient (Wildman–Crippen LogP) is 2.43. The van der Waals surface area contributed by atoms with E-state index >= 15 is 0 Å². The number of hydrogen-bond donors (Lipinski definition) is 0. The van der Waals surface area contributed by atoms with Gasteiger partial charge in [-0.3, -0.25) is 0 Å². The molecule has 21 heavy (non-hydrogen) atoms. The van der Waals surface area contributed by atoms with Crippen LogP contribution in [0.1, 0.15) is 18.2 Å². The summed E-state index contributed by atoms with van der Waals surface area (Å²) < 4.78 is 12.5. The minimum absolute atomic E-state index is 0.247. The summed E-state index contributed by atoms with van der Waals surface area (Å²) in [5.41, 5.74) is 1.85. The second-order valence-electron chi connectivity index (χ2n) is 5.02. The first-order valence-electron chi connectivity index (χ1n) is 6.92. The lowest BCUT2D eigenvalue weighted by molar-refractivity contribution is 0.192. The molecule has 4 rings (SSSR count). The van der Waals surface area contributed by atoms with Crippen LogP contribution in [0.2, 0.25) is 0 Å². The number of hydrogen-bond acceptors (Lipinski definition) is 5. The molecule has 0 radical (unpaired) electrons. The number of rotatable bonds is 3. The molecule has 0 aliphatic carbocycles. The molecule has 1 aliphatic rings. The normalized spacial score (nSPS) is 18.2. The lowest BCUT2D eigenvalue weighted by Gasteiger charge is -2.02. The summed E-state index contributed by atoms with van der Waals surface area (Å²) in [6.07, 6.45) is 4.60. The molecule has 6 heteroatoms. The highest BCUT2D eigenvalue weighted by Crippen LogP contribution is 2.26. The molecular formula is C15H14N4O2. The Labute approximate surface area is 121 Å². The number of aromatic nitrogens is 4. The van der Waals surface area contributed by atoms with Crippen LogP contribution in [0.15, 0.2) is 47.2 Å². The first kappa shape index (κ1) is 12.3. The average molecular weight is 282 g/mol. The quantitative estimate of drug-likeness (QED) is 0.738. The standard InChI is InChI=1S/C15H14N4O2/c1-3-11(9-13(4-1)19-7-2-6-16-19)15-17-14(18-21-15)12-5-8-20-10-12/h1-4,6-7,9,12H,5,8,10H2/t12-/m1/s1. The molecular weight excluding hydrogens is 268 g/mol. The van der Waals surface area contributed by atoms with Crippen molar-refractivity contribution < 1.29 is 9.26 Å². The number of nitrogens with zero attached hydrogens (tertiary/aromatic N) is 4. The highest BCUT2D eigenvalue weighted by atomic mass is 16.5. The molecule has 6 nitrogen and oxygen atoms in total. The van der Waals surface area contributed by atoms with Gasteiger partial charge in [-0.2, -0.15) is 10.1 Å². The molecule has 1 aliphatic heterocycles. The van der Waals surface area contributed by atoms with Gasteiger partial charge in [-0.25, -0.2) is 4.68 Å². The van der Waals surface area contributed by atoms with Gasteiger partial charge in [-0.05, 0) is 30.7 Å². The van der Waals surface area contributed by atoms with Crippen LogP contribution in [0, 0.1) is 0 Å². The third-order valence-electron chi connectivity index (χ3n) is 3.60. The van der Waals surface area contributed by atoms with Crippen LogP contribution in [0.4, 0.5) is 0 Å². The zero-order valence-corrected chi connectivity index (χ0v) is 11.3. The van der Waals surface area contributed by atoms with E-state index in [1.807, 2.05) is 36.5 Å². The van der Waals surface area contributed by atoms with Crippen LogP contribution in [0.3, 0.4) is 0 Å². The van der Waals surface area contributed by atoms with E-state index in [1.54, 1.807) is 10.9 Å². The molecule has 1 aromatic carbocycles. The summed E-state index contributed by atoms with van der Waals surface area (Å²) in [5.74, 6) is 1.51. The Kier molecular flexibility index (Phi) is 3.01. The summed E-state index contributed by atoms with van der Waals surface area (Å²) in [7, 11) is 0. The van der Waals surface area contributed by atoms with Crippen molar-refractivity contribution in [2.24, 2.45) is 0 Å². The molecule has 0 spiro atoms. The Morgan fingerprint density at radius 2 is 2.24 bits per heavy atom. The fraction of sp³-hybridized carbons (Fsp3) is 0.267. The highest BCUT2D eigenvalue weighted by Gasteiger charge is 2.23. The molecule has 1 fully saturated rings. The zero-order valence-electron chi connectivity index (χ0n) is 11.3. The van der Waals surface area contributed by atoms with Crippen LogP contribution in [0.25, 0.3) is 17.1 Å². The lowest BCUT2D eigenvalue weighted by atomic mass is 10.1. The van der Waals surface area contributed by atoms with Crippen LogP contribution in [-0.2, 0) is 4.74 Å². The first-order chi connectivity index (χ1) is 10.4. The third-order valence-corrected chi connectivity index (χ3v) is 3.60. The van der Waals surface area contributed by atoms with Gasteiger partial charge in [0.25, 0.3) is 5.89 Å². The fourth-order valence-corrected chi connectivity index (χ4v) is 2.46. The molecule has 3 heterocycles. The Morgan fingerprint density at radius 3 is 3.05 bits per heavy atom. The maximum atomic E-state index is 5.39. The number of ether oxygens (including phenoxy) is 1. The van der Waals surface area contributed by atoms with Crippen molar-refractivity contribution in [3.63, 3.8) is 0 Å². The largest absolute Gasteiger partial charge is 0.381 e. The van der Waals surface area contributed by atoms with Crippen molar-refractivity contribution in [1.82, 2.24) is 19.9 Å². The van der Waals surface area contributed by atoms with Crippen LogP contribution in [-0.4, -0.2) is 33.1 Å². The van der Waals surface area contributed by atoms with Crippen molar-refractivity contribution in [3.05, 3.63) is 48.5 Å². The topological polar surface area (TPSA) is 66.0 Å². The molecule has 0 N–H and O–H groups in total. The fourth-order valence-electron chi connectivity index (χ4n) is 2.46. The molecule has 0 amide bonds. The second-order valence-corrected chi connectivity index (χ2v) is 5.02. The van der Waals surface area contributed by atoms with Gasteiger partial charge < -0.3 is 9.26 Å². The van der Waals surface area contributed by atoms with E-state index in [0.717, 1.165) is 30.1 Å². The summed E-state index contributed by atoms with van der Waals surface area (Å²) >= 11 is 0. The van der Waals surface area contributed by atoms with E-state index in [2.05, 4.69) is 15.2 Å². The highest BCUT2D eigenvalue weighted by molar-refractivity contribution is 5.57. The van der Waals surface area contributed by atoms with Gasteiger partial charge in [0.05, 0.1) is 12.3 Å². The minimum atomic E-state index is 0.247. The lowest BCUT2D eigenvalue weighted by Crippen LogP contribution is -1.99. The smallest absolute Gasteiger partial charge is 0.258 e. The van der Waals surface area contributed by atoms with Gasteiger partial charge in [-0.15, -0.1) is 0 Å². The summed E-state index contributed by atoms with van der Waals surface area (Å²) in [6, 6.07) is 9.76. The van der Waals surface area contributed by atoms with Crippen molar-refractivity contribution in [1.29, 1.82) is 0 Å².